The maximum Gasteiger partial charge on any atom is 0.236 e. The third-order valence-electron chi connectivity index (χ3n) is 4.35. The number of rotatable bonds is 4. The summed E-state index contributed by atoms with van der Waals surface area (Å²) < 4.78 is 13.0. The molecule has 1 fully saturated rings. The molecule has 1 saturated heterocycles. The number of hydrogen-bond donors (Lipinski definition) is 1. The summed E-state index contributed by atoms with van der Waals surface area (Å²) in [7, 11) is 0. The van der Waals surface area contributed by atoms with Crippen LogP contribution in [0.25, 0.3) is 0 Å². The van der Waals surface area contributed by atoms with E-state index in [1.807, 2.05) is 17.0 Å². The van der Waals surface area contributed by atoms with Gasteiger partial charge in [0.1, 0.15) is 5.82 Å². The molecule has 138 valence electrons. The van der Waals surface area contributed by atoms with Crippen LogP contribution in [0.5, 0.6) is 0 Å². The normalized spacial score (nSPS) is 18.5. The monoisotopic (exact) mass is 379 g/mol. The highest BCUT2D eigenvalue weighted by atomic mass is 35.5. The number of halogens is 3. The minimum atomic E-state index is -0.209. The molecule has 1 aliphatic rings. The van der Waals surface area contributed by atoms with Gasteiger partial charge < -0.3 is 10.6 Å². The minimum Gasteiger partial charge on any atom is -0.340 e. The number of carbonyl (C=O) groups is 1. The molecular formula is C17H28Cl2FN3O. The van der Waals surface area contributed by atoms with E-state index in [1.54, 1.807) is 0 Å². The van der Waals surface area contributed by atoms with E-state index < -0.39 is 0 Å². The third-order valence-corrected chi connectivity index (χ3v) is 4.35. The van der Waals surface area contributed by atoms with Crippen LogP contribution in [-0.4, -0.2) is 47.9 Å². The molecule has 0 aromatic heterocycles. The number of hydrogen-bond acceptors (Lipinski definition) is 3. The molecule has 0 aliphatic carbocycles. The maximum atomic E-state index is 13.0. The topological polar surface area (TPSA) is 49.6 Å². The zero-order valence-electron chi connectivity index (χ0n) is 14.3. The Bertz CT molecular complexity index is 499. The lowest BCUT2D eigenvalue weighted by Crippen LogP contribution is -2.46. The van der Waals surface area contributed by atoms with Crippen molar-refractivity contribution in [3.63, 3.8) is 0 Å². The number of carbonyl (C=O) groups excluding carboxylic acids is 1. The predicted octanol–water partition coefficient (Wildman–Crippen LogP) is 2.69. The second-order valence-electron chi connectivity index (χ2n) is 6.31. The lowest BCUT2D eigenvalue weighted by Gasteiger charge is -2.34. The van der Waals surface area contributed by atoms with Crippen molar-refractivity contribution in [3.05, 3.63) is 35.6 Å². The van der Waals surface area contributed by atoms with E-state index in [1.165, 1.54) is 12.1 Å². The van der Waals surface area contributed by atoms with Gasteiger partial charge in [-0.15, -0.1) is 24.8 Å². The van der Waals surface area contributed by atoms with E-state index >= 15 is 0 Å². The summed E-state index contributed by atoms with van der Waals surface area (Å²) in [6.45, 7) is 7.64. The Hall–Kier alpha value is -0.880. The molecule has 0 saturated carbocycles. The van der Waals surface area contributed by atoms with Crippen molar-refractivity contribution in [1.29, 1.82) is 0 Å². The van der Waals surface area contributed by atoms with Crippen molar-refractivity contribution in [1.82, 2.24) is 9.80 Å². The lowest BCUT2D eigenvalue weighted by molar-refractivity contribution is -0.130. The van der Waals surface area contributed by atoms with Gasteiger partial charge >= 0.3 is 0 Å². The molecule has 2 N–H and O–H groups in total. The van der Waals surface area contributed by atoms with Gasteiger partial charge in [0.25, 0.3) is 0 Å². The second-order valence-corrected chi connectivity index (χ2v) is 6.31. The first-order chi connectivity index (χ1) is 10.5. The lowest BCUT2D eigenvalue weighted by atomic mass is 10.0. The molecule has 2 rings (SSSR count). The van der Waals surface area contributed by atoms with Gasteiger partial charge in [0.05, 0.1) is 6.54 Å². The molecule has 7 heteroatoms. The van der Waals surface area contributed by atoms with E-state index in [-0.39, 0.29) is 43.1 Å². The van der Waals surface area contributed by atoms with E-state index in [0.717, 1.165) is 38.2 Å². The van der Waals surface area contributed by atoms with E-state index in [2.05, 4.69) is 18.7 Å². The second kappa shape index (κ2) is 10.9. The fourth-order valence-corrected chi connectivity index (χ4v) is 3.07. The Morgan fingerprint density at radius 3 is 2.42 bits per heavy atom. The van der Waals surface area contributed by atoms with Gasteiger partial charge in [-0.25, -0.2) is 4.39 Å². The van der Waals surface area contributed by atoms with Crippen molar-refractivity contribution in [2.45, 2.75) is 32.9 Å². The average Bonchev–Trinajstić information content (AvgIpc) is 2.71. The highest BCUT2D eigenvalue weighted by Gasteiger charge is 2.28. The van der Waals surface area contributed by atoms with Crippen molar-refractivity contribution < 1.29 is 9.18 Å². The van der Waals surface area contributed by atoms with Crippen molar-refractivity contribution in [3.8, 4) is 0 Å². The maximum absolute atomic E-state index is 13.0. The van der Waals surface area contributed by atoms with Gasteiger partial charge in [0.15, 0.2) is 0 Å². The summed E-state index contributed by atoms with van der Waals surface area (Å²) in [6.07, 6.45) is 0.941. The highest BCUT2D eigenvalue weighted by Crippen LogP contribution is 2.20. The molecule has 1 heterocycles. The molecule has 0 radical (unpaired) electrons. The molecule has 1 amide bonds. The standard InChI is InChI=1S/C17H26FN3O.2ClH/c1-13(2)16-12-21(17(22)10-19)9-3-8-20(16)11-14-4-6-15(18)7-5-14;;/h4-7,13,16H,3,8-12,19H2,1-2H3;2*1H. The Labute approximate surface area is 156 Å². The van der Waals surface area contributed by atoms with E-state index in [0.29, 0.717) is 12.0 Å². The van der Waals surface area contributed by atoms with Crippen LogP contribution in [0.2, 0.25) is 0 Å². The summed E-state index contributed by atoms with van der Waals surface area (Å²) in [5.74, 6) is 0.251. The van der Waals surface area contributed by atoms with Gasteiger partial charge in [-0.05, 0) is 30.0 Å². The third kappa shape index (κ3) is 6.20. The molecular weight excluding hydrogens is 352 g/mol. The molecule has 0 bridgehead atoms. The summed E-state index contributed by atoms with van der Waals surface area (Å²) in [5, 5.41) is 0. The molecule has 1 aromatic rings. The van der Waals surface area contributed by atoms with Gasteiger partial charge in [-0.1, -0.05) is 26.0 Å². The molecule has 1 unspecified atom stereocenters. The highest BCUT2D eigenvalue weighted by molar-refractivity contribution is 5.85. The van der Waals surface area contributed by atoms with Crippen molar-refractivity contribution in [2.75, 3.05) is 26.2 Å². The molecule has 0 spiro atoms. The van der Waals surface area contributed by atoms with Crippen LogP contribution >= 0.6 is 24.8 Å². The van der Waals surface area contributed by atoms with Crippen LogP contribution in [0.3, 0.4) is 0 Å². The van der Waals surface area contributed by atoms with Crippen LogP contribution in [-0.2, 0) is 11.3 Å². The fraction of sp³-hybridized carbons (Fsp3) is 0.588. The number of nitrogens with zero attached hydrogens (tertiary/aromatic N) is 2. The largest absolute Gasteiger partial charge is 0.340 e. The Kier molecular flexibility index (Phi) is 10.5. The fourth-order valence-electron chi connectivity index (χ4n) is 3.07. The van der Waals surface area contributed by atoms with Crippen LogP contribution in [0.1, 0.15) is 25.8 Å². The van der Waals surface area contributed by atoms with Crippen molar-refractivity contribution >= 4 is 30.7 Å². The van der Waals surface area contributed by atoms with Gasteiger partial charge in [-0.2, -0.15) is 0 Å². The zero-order valence-corrected chi connectivity index (χ0v) is 15.9. The molecule has 1 aromatic carbocycles. The Balaban J connectivity index is 0.00000264. The molecule has 1 aliphatic heterocycles. The first-order valence-corrected chi connectivity index (χ1v) is 7.97. The van der Waals surface area contributed by atoms with E-state index in [9.17, 15) is 9.18 Å². The Morgan fingerprint density at radius 1 is 1.25 bits per heavy atom. The van der Waals surface area contributed by atoms with Gasteiger partial charge in [0.2, 0.25) is 5.91 Å². The smallest absolute Gasteiger partial charge is 0.236 e. The first kappa shape index (κ1) is 23.1. The van der Waals surface area contributed by atoms with Gasteiger partial charge in [-0.3, -0.25) is 9.69 Å². The summed E-state index contributed by atoms with van der Waals surface area (Å²) >= 11 is 0. The van der Waals surface area contributed by atoms with Crippen molar-refractivity contribution in [2.24, 2.45) is 11.7 Å². The number of benzene rings is 1. The van der Waals surface area contributed by atoms with E-state index in [4.69, 9.17) is 5.73 Å². The number of nitrogens with two attached hydrogens (primary N) is 1. The zero-order chi connectivity index (χ0) is 16.1. The molecule has 4 nitrogen and oxygen atoms in total. The summed E-state index contributed by atoms with van der Waals surface area (Å²) in [4.78, 5) is 16.2. The number of amides is 1. The van der Waals surface area contributed by atoms with Crippen LogP contribution in [0.15, 0.2) is 24.3 Å². The first-order valence-electron chi connectivity index (χ1n) is 7.97. The summed E-state index contributed by atoms with van der Waals surface area (Å²) in [5.41, 5.74) is 6.61. The van der Waals surface area contributed by atoms with Crippen LogP contribution in [0.4, 0.5) is 4.39 Å². The van der Waals surface area contributed by atoms with Gasteiger partial charge in [0, 0.05) is 32.2 Å². The average molecular weight is 380 g/mol. The van der Waals surface area contributed by atoms with Crippen LogP contribution < -0.4 is 5.73 Å². The summed E-state index contributed by atoms with van der Waals surface area (Å²) in [6, 6.07) is 6.97. The predicted molar refractivity (Wildman–Crippen MR) is 100 cm³/mol. The van der Waals surface area contributed by atoms with Crippen LogP contribution in [0, 0.1) is 11.7 Å². The quantitative estimate of drug-likeness (QED) is 0.874. The minimum absolute atomic E-state index is 0. The Morgan fingerprint density at radius 2 is 1.88 bits per heavy atom. The SMILES string of the molecule is CC(C)C1CN(C(=O)CN)CCCN1Cc1ccc(F)cc1.Cl.Cl. The molecule has 1 atom stereocenters. The molecule has 24 heavy (non-hydrogen) atoms.